The highest BCUT2D eigenvalue weighted by molar-refractivity contribution is 5.82. The van der Waals surface area contributed by atoms with Crippen LogP contribution < -0.4 is 0 Å². The molecule has 0 unspecified atom stereocenters. The lowest BCUT2D eigenvalue weighted by atomic mass is 9.90. The summed E-state index contributed by atoms with van der Waals surface area (Å²) in [6.45, 7) is 2.14. The Morgan fingerprint density at radius 2 is 2.00 bits per heavy atom. The average molecular weight is 242 g/mol. The van der Waals surface area contributed by atoms with Crippen LogP contribution in [0.15, 0.2) is 42.0 Å². The van der Waals surface area contributed by atoms with E-state index in [4.69, 9.17) is 5.11 Å². The second kappa shape index (κ2) is 5.67. The van der Waals surface area contributed by atoms with Crippen molar-refractivity contribution < 1.29 is 9.90 Å². The second-order valence-electron chi connectivity index (χ2n) is 4.63. The fourth-order valence-electron chi connectivity index (χ4n) is 2.31. The summed E-state index contributed by atoms with van der Waals surface area (Å²) >= 11 is 0. The molecule has 2 rings (SSSR count). The van der Waals surface area contributed by atoms with E-state index in [2.05, 4.69) is 31.2 Å². The Morgan fingerprint density at radius 3 is 2.61 bits per heavy atom. The molecule has 18 heavy (non-hydrogen) atoms. The number of aryl methyl sites for hydroxylation is 1. The summed E-state index contributed by atoms with van der Waals surface area (Å²) in [4.78, 5) is 10.7. The van der Waals surface area contributed by atoms with E-state index in [0.29, 0.717) is 0 Å². The van der Waals surface area contributed by atoms with Crippen LogP contribution in [-0.2, 0) is 11.2 Å². The largest absolute Gasteiger partial charge is 0.478 e. The van der Waals surface area contributed by atoms with Gasteiger partial charge in [-0.15, -0.1) is 0 Å². The Kier molecular flexibility index (Phi) is 3.98. The lowest BCUT2D eigenvalue weighted by Gasteiger charge is -2.15. The predicted molar refractivity (Wildman–Crippen MR) is 73.4 cm³/mol. The zero-order valence-electron chi connectivity index (χ0n) is 10.6. The molecule has 0 saturated carbocycles. The van der Waals surface area contributed by atoms with E-state index in [9.17, 15) is 4.79 Å². The molecule has 0 fully saturated rings. The zero-order chi connectivity index (χ0) is 13.0. The average Bonchev–Trinajstić information content (AvgIpc) is 2.38. The van der Waals surface area contributed by atoms with Crippen molar-refractivity contribution in [1.82, 2.24) is 0 Å². The summed E-state index contributed by atoms with van der Waals surface area (Å²) in [5.74, 6) is -0.858. The van der Waals surface area contributed by atoms with Gasteiger partial charge in [-0.25, -0.2) is 4.79 Å². The molecule has 1 aromatic carbocycles. The van der Waals surface area contributed by atoms with Gasteiger partial charge in [0.05, 0.1) is 0 Å². The monoisotopic (exact) mass is 242 g/mol. The molecular formula is C16H18O2. The fourth-order valence-corrected chi connectivity index (χ4v) is 2.31. The first-order valence-corrected chi connectivity index (χ1v) is 6.42. The van der Waals surface area contributed by atoms with Crippen LogP contribution in [0, 0.1) is 0 Å². The first-order valence-electron chi connectivity index (χ1n) is 6.42. The highest BCUT2D eigenvalue weighted by Gasteiger charge is 2.10. The Balaban J connectivity index is 2.26. The van der Waals surface area contributed by atoms with E-state index in [0.717, 1.165) is 31.3 Å². The van der Waals surface area contributed by atoms with Crippen LogP contribution in [0.25, 0.3) is 5.57 Å². The normalized spacial score (nSPS) is 17.6. The van der Waals surface area contributed by atoms with Gasteiger partial charge >= 0.3 is 5.97 Å². The van der Waals surface area contributed by atoms with Gasteiger partial charge in [0.1, 0.15) is 0 Å². The topological polar surface area (TPSA) is 37.3 Å². The van der Waals surface area contributed by atoms with Gasteiger partial charge in [0.15, 0.2) is 0 Å². The van der Waals surface area contributed by atoms with E-state index in [1.165, 1.54) is 22.8 Å². The summed E-state index contributed by atoms with van der Waals surface area (Å²) in [6.07, 6.45) is 7.31. The van der Waals surface area contributed by atoms with Crippen LogP contribution in [0.2, 0.25) is 0 Å². The van der Waals surface area contributed by atoms with Gasteiger partial charge in [0, 0.05) is 6.08 Å². The van der Waals surface area contributed by atoms with Gasteiger partial charge in [0.25, 0.3) is 0 Å². The number of carboxylic acids is 1. The van der Waals surface area contributed by atoms with Crippen LogP contribution in [0.3, 0.4) is 0 Å². The number of aliphatic carboxylic acids is 1. The first kappa shape index (κ1) is 12.6. The minimum Gasteiger partial charge on any atom is -0.478 e. The fraction of sp³-hybridized carbons (Fsp3) is 0.312. The van der Waals surface area contributed by atoms with Gasteiger partial charge in [-0.2, -0.15) is 0 Å². The van der Waals surface area contributed by atoms with Crippen molar-refractivity contribution in [2.45, 2.75) is 32.6 Å². The Labute approximate surface area is 108 Å². The minimum absolute atomic E-state index is 0.858. The summed E-state index contributed by atoms with van der Waals surface area (Å²) < 4.78 is 0. The Morgan fingerprint density at radius 1 is 1.28 bits per heavy atom. The molecule has 0 aromatic heterocycles. The molecule has 2 heteroatoms. The van der Waals surface area contributed by atoms with Crippen molar-refractivity contribution in [2.24, 2.45) is 0 Å². The van der Waals surface area contributed by atoms with E-state index in [1.807, 2.05) is 6.08 Å². The van der Waals surface area contributed by atoms with Crippen LogP contribution in [-0.4, -0.2) is 11.1 Å². The molecule has 1 aromatic rings. The van der Waals surface area contributed by atoms with Crippen molar-refractivity contribution in [2.75, 3.05) is 0 Å². The molecule has 0 bridgehead atoms. The molecule has 0 heterocycles. The SMILES string of the molecule is CCc1ccc(C2=C/C(=C/C(=O)O)CCC2)cc1. The maximum atomic E-state index is 10.7. The Hall–Kier alpha value is -1.83. The number of hydrogen-bond donors (Lipinski definition) is 1. The third kappa shape index (κ3) is 3.10. The zero-order valence-corrected chi connectivity index (χ0v) is 10.6. The van der Waals surface area contributed by atoms with Crippen molar-refractivity contribution >= 4 is 11.5 Å². The lowest BCUT2D eigenvalue weighted by Crippen LogP contribution is -1.98. The van der Waals surface area contributed by atoms with Gasteiger partial charge in [-0.1, -0.05) is 37.3 Å². The molecule has 1 aliphatic carbocycles. The van der Waals surface area contributed by atoms with Gasteiger partial charge < -0.3 is 5.11 Å². The van der Waals surface area contributed by atoms with Crippen molar-refractivity contribution in [3.8, 4) is 0 Å². The van der Waals surface area contributed by atoms with Crippen LogP contribution >= 0.6 is 0 Å². The number of hydrogen-bond acceptors (Lipinski definition) is 1. The van der Waals surface area contributed by atoms with Crippen LogP contribution in [0.4, 0.5) is 0 Å². The summed E-state index contributed by atoms with van der Waals surface area (Å²) in [7, 11) is 0. The molecule has 0 radical (unpaired) electrons. The number of allylic oxidation sites excluding steroid dienone is 3. The van der Waals surface area contributed by atoms with E-state index in [1.54, 1.807) is 0 Å². The van der Waals surface area contributed by atoms with Gasteiger partial charge in [0.2, 0.25) is 0 Å². The van der Waals surface area contributed by atoms with Crippen LogP contribution in [0.1, 0.15) is 37.3 Å². The molecule has 0 atom stereocenters. The van der Waals surface area contributed by atoms with Crippen molar-refractivity contribution in [3.05, 3.63) is 53.1 Å². The standard InChI is InChI=1S/C16H18O2/c1-2-12-6-8-14(9-7-12)15-5-3-4-13(10-15)11-16(17)18/h6-11H,2-5H2,1H3,(H,17,18)/b13-11+. The summed E-state index contributed by atoms with van der Waals surface area (Å²) in [5.41, 5.74) is 4.71. The lowest BCUT2D eigenvalue weighted by molar-refractivity contribution is -0.131. The predicted octanol–water partition coefficient (Wildman–Crippen LogP) is 3.83. The maximum absolute atomic E-state index is 10.7. The molecule has 1 N–H and O–H groups in total. The van der Waals surface area contributed by atoms with Crippen LogP contribution in [0.5, 0.6) is 0 Å². The first-order chi connectivity index (χ1) is 8.69. The van der Waals surface area contributed by atoms with Crippen molar-refractivity contribution in [1.29, 1.82) is 0 Å². The molecule has 1 aliphatic rings. The summed E-state index contributed by atoms with van der Waals surface area (Å²) in [6, 6.07) is 8.56. The number of benzene rings is 1. The highest BCUT2D eigenvalue weighted by Crippen LogP contribution is 2.29. The van der Waals surface area contributed by atoms with Gasteiger partial charge in [-0.05, 0) is 48.0 Å². The molecule has 2 nitrogen and oxygen atoms in total. The molecule has 0 spiro atoms. The number of rotatable bonds is 3. The molecular weight excluding hydrogens is 224 g/mol. The second-order valence-corrected chi connectivity index (χ2v) is 4.63. The summed E-state index contributed by atoms with van der Waals surface area (Å²) in [5, 5.41) is 8.79. The minimum atomic E-state index is -0.858. The smallest absolute Gasteiger partial charge is 0.328 e. The molecule has 0 aliphatic heterocycles. The highest BCUT2D eigenvalue weighted by atomic mass is 16.4. The third-order valence-electron chi connectivity index (χ3n) is 3.31. The van der Waals surface area contributed by atoms with Gasteiger partial charge in [-0.3, -0.25) is 0 Å². The van der Waals surface area contributed by atoms with E-state index >= 15 is 0 Å². The molecule has 94 valence electrons. The van der Waals surface area contributed by atoms with Crippen molar-refractivity contribution in [3.63, 3.8) is 0 Å². The van der Waals surface area contributed by atoms with E-state index in [-0.39, 0.29) is 0 Å². The number of carbonyl (C=O) groups is 1. The maximum Gasteiger partial charge on any atom is 0.328 e. The Bertz CT molecular complexity index is 492. The van der Waals surface area contributed by atoms with E-state index < -0.39 is 5.97 Å². The number of carboxylic acid groups (broad SMARTS) is 1. The quantitative estimate of drug-likeness (QED) is 0.818. The molecule has 0 saturated heterocycles. The third-order valence-corrected chi connectivity index (χ3v) is 3.31. The molecule has 0 amide bonds.